The highest BCUT2D eigenvalue weighted by molar-refractivity contribution is 5.82. The summed E-state index contributed by atoms with van der Waals surface area (Å²) in [7, 11) is 1.48. The van der Waals surface area contributed by atoms with Gasteiger partial charge in [-0.2, -0.15) is 9.67 Å². The Morgan fingerprint density at radius 3 is 1.84 bits per heavy atom. The number of carbonyl (C=O) groups is 1. The lowest BCUT2D eigenvalue weighted by molar-refractivity contribution is 0.0748. The summed E-state index contributed by atoms with van der Waals surface area (Å²) >= 11 is 0. The molecule has 0 saturated carbocycles. The van der Waals surface area contributed by atoms with E-state index in [2.05, 4.69) is 96.9 Å². The number of nitrogens with zero attached hydrogens (tertiary/aromatic N) is 3. The predicted molar refractivity (Wildman–Crippen MR) is 128 cm³/mol. The number of carbonyl (C=O) groups excluding carboxylic acids is 1. The highest BCUT2D eigenvalue weighted by Gasteiger charge is 2.16. The van der Waals surface area contributed by atoms with Crippen LogP contribution in [0.1, 0.15) is 66.6 Å². The van der Waals surface area contributed by atoms with Crippen LogP contribution in [0.15, 0.2) is 48.5 Å². The first kappa shape index (κ1) is 23.5. The Hall–Kier alpha value is -3.19. The Bertz CT molecular complexity index is 1010. The monoisotopic (exact) mass is 435 g/mol. The summed E-state index contributed by atoms with van der Waals surface area (Å²) in [6.07, 6.45) is 0. The molecular formula is C25H33N5O2. The Morgan fingerprint density at radius 1 is 0.875 bits per heavy atom. The van der Waals surface area contributed by atoms with E-state index in [1.807, 2.05) is 0 Å². The number of anilines is 2. The summed E-state index contributed by atoms with van der Waals surface area (Å²) in [5, 5.41) is 10.8. The number of rotatable bonds is 10. The highest BCUT2D eigenvalue weighted by atomic mass is 16.5. The van der Waals surface area contributed by atoms with Crippen LogP contribution in [0.25, 0.3) is 0 Å². The molecule has 0 unspecified atom stereocenters. The van der Waals surface area contributed by atoms with Crippen LogP contribution in [0.3, 0.4) is 0 Å². The number of nitrogens with one attached hydrogen (secondary N) is 2. The van der Waals surface area contributed by atoms with Gasteiger partial charge in [0.15, 0.2) is 0 Å². The Balaban J connectivity index is 1.69. The third kappa shape index (κ3) is 6.17. The number of hydrogen-bond acceptors (Lipinski definition) is 6. The maximum atomic E-state index is 12.5. The molecule has 2 N–H and O–H groups in total. The summed E-state index contributed by atoms with van der Waals surface area (Å²) in [6, 6.07) is 16.9. The van der Waals surface area contributed by atoms with Crippen molar-refractivity contribution < 1.29 is 9.53 Å². The fourth-order valence-electron chi connectivity index (χ4n) is 3.26. The van der Waals surface area contributed by atoms with E-state index in [1.54, 1.807) is 0 Å². The first-order valence-electron chi connectivity index (χ1n) is 11.0. The summed E-state index contributed by atoms with van der Waals surface area (Å²) in [6.45, 7) is 9.72. The molecule has 170 valence electrons. The molecule has 2 aromatic carbocycles. The summed E-state index contributed by atoms with van der Waals surface area (Å²) in [5.74, 6) is 1.48. The molecular weight excluding hydrogens is 402 g/mol. The van der Waals surface area contributed by atoms with Gasteiger partial charge in [0.2, 0.25) is 11.9 Å². The van der Waals surface area contributed by atoms with Crippen LogP contribution in [-0.4, -0.2) is 34.4 Å². The minimum absolute atomic E-state index is 0.0722. The number of methoxy groups -OCH3 is 1. The number of benzene rings is 2. The van der Waals surface area contributed by atoms with E-state index in [9.17, 15) is 4.79 Å². The molecule has 1 heterocycles. The quantitative estimate of drug-likeness (QED) is 0.465. The lowest BCUT2D eigenvalue weighted by Crippen LogP contribution is -2.20. The average Bonchev–Trinajstić information content (AvgIpc) is 3.20. The first-order valence-corrected chi connectivity index (χ1v) is 11.0. The van der Waals surface area contributed by atoms with E-state index in [0.717, 1.165) is 11.1 Å². The van der Waals surface area contributed by atoms with Crippen LogP contribution in [-0.2, 0) is 17.8 Å². The largest absolute Gasteiger partial charge is 0.375 e. The molecule has 1 aromatic heterocycles. The SMILES string of the molecule is COCC(=O)n1nc(NCc2ccc(C(C)C)cc2)nc1NCc1ccc(C(C)C)cc1. The van der Waals surface area contributed by atoms with Gasteiger partial charge in [0, 0.05) is 20.2 Å². The summed E-state index contributed by atoms with van der Waals surface area (Å²) in [5.41, 5.74) is 4.81. The molecule has 0 bridgehead atoms. The highest BCUT2D eigenvalue weighted by Crippen LogP contribution is 2.18. The molecule has 7 heteroatoms. The van der Waals surface area contributed by atoms with Gasteiger partial charge in [0.25, 0.3) is 5.91 Å². The minimum atomic E-state index is -0.285. The van der Waals surface area contributed by atoms with Crippen molar-refractivity contribution in [3.63, 3.8) is 0 Å². The summed E-state index contributed by atoms with van der Waals surface area (Å²) in [4.78, 5) is 16.9. The second-order valence-electron chi connectivity index (χ2n) is 8.50. The van der Waals surface area contributed by atoms with Gasteiger partial charge in [0.1, 0.15) is 6.61 Å². The lowest BCUT2D eigenvalue weighted by Gasteiger charge is -2.09. The van der Waals surface area contributed by atoms with E-state index < -0.39 is 0 Å². The standard InChI is InChI=1S/C25H33N5O2/c1-17(2)21-10-6-19(7-11-21)14-26-24-28-25(30(29-24)23(31)16-32-5)27-15-20-8-12-22(13-9-20)18(3)4/h6-13,17-18H,14-16H2,1-5H3,(H2,26,27,28,29). The molecule has 3 aromatic rings. The van der Waals surface area contributed by atoms with Crippen molar-refractivity contribution in [1.82, 2.24) is 14.8 Å². The molecule has 0 aliphatic rings. The van der Waals surface area contributed by atoms with Crippen LogP contribution in [0.4, 0.5) is 11.9 Å². The first-order chi connectivity index (χ1) is 15.4. The van der Waals surface area contributed by atoms with E-state index in [0.29, 0.717) is 36.8 Å². The zero-order valence-electron chi connectivity index (χ0n) is 19.6. The predicted octanol–water partition coefficient (Wildman–Crippen LogP) is 5.04. The van der Waals surface area contributed by atoms with Crippen LogP contribution < -0.4 is 10.6 Å². The summed E-state index contributed by atoms with van der Waals surface area (Å²) < 4.78 is 6.25. The Kier molecular flexibility index (Phi) is 8.00. The lowest BCUT2D eigenvalue weighted by atomic mass is 10.0. The normalized spacial score (nSPS) is 11.2. The molecule has 0 amide bonds. The fourth-order valence-corrected chi connectivity index (χ4v) is 3.26. The van der Waals surface area contributed by atoms with Crippen LogP contribution in [0.2, 0.25) is 0 Å². The van der Waals surface area contributed by atoms with Crippen molar-refractivity contribution >= 4 is 17.8 Å². The maximum absolute atomic E-state index is 12.5. The van der Waals surface area contributed by atoms with Gasteiger partial charge in [0.05, 0.1) is 0 Å². The van der Waals surface area contributed by atoms with Crippen molar-refractivity contribution in [3.05, 3.63) is 70.8 Å². The fraction of sp³-hybridized carbons (Fsp3) is 0.400. The maximum Gasteiger partial charge on any atom is 0.276 e. The number of hydrogen-bond donors (Lipinski definition) is 2. The van der Waals surface area contributed by atoms with E-state index >= 15 is 0 Å². The smallest absolute Gasteiger partial charge is 0.276 e. The topological polar surface area (TPSA) is 81.1 Å². The van der Waals surface area contributed by atoms with Crippen LogP contribution in [0.5, 0.6) is 0 Å². The zero-order chi connectivity index (χ0) is 23.1. The molecule has 0 aliphatic carbocycles. The van der Waals surface area contributed by atoms with E-state index in [-0.39, 0.29) is 12.5 Å². The molecule has 0 radical (unpaired) electrons. The van der Waals surface area contributed by atoms with Gasteiger partial charge in [-0.3, -0.25) is 4.79 Å². The molecule has 0 fully saturated rings. The molecule has 3 rings (SSSR count). The van der Waals surface area contributed by atoms with Gasteiger partial charge < -0.3 is 15.4 Å². The molecule has 0 spiro atoms. The average molecular weight is 436 g/mol. The van der Waals surface area contributed by atoms with Gasteiger partial charge in [-0.05, 0) is 34.1 Å². The third-order valence-corrected chi connectivity index (χ3v) is 5.31. The molecule has 0 aliphatic heterocycles. The zero-order valence-corrected chi connectivity index (χ0v) is 19.6. The van der Waals surface area contributed by atoms with Gasteiger partial charge in [-0.1, -0.05) is 76.2 Å². The number of ether oxygens (including phenoxy) is 1. The minimum Gasteiger partial charge on any atom is -0.375 e. The van der Waals surface area contributed by atoms with Crippen LogP contribution >= 0.6 is 0 Å². The Labute approximate surface area is 190 Å². The second kappa shape index (κ2) is 10.9. The van der Waals surface area contributed by atoms with Crippen LogP contribution in [0, 0.1) is 0 Å². The van der Waals surface area contributed by atoms with Crippen molar-refractivity contribution in [3.8, 4) is 0 Å². The molecule has 32 heavy (non-hydrogen) atoms. The molecule has 7 nitrogen and oxygen atoms in total. The van der Waals surface area contributed by atoms with Crippen molar-refractivity contribution in [2.45, 2.75) is 52.6 Å². The van der Waals surface area contributed by atoms with Crippen molar-refractivity contribution in [2.24, 2.45) is 0 Å². The third-order valence-electron chi connectivity index (χ3n) is 5.31. The van der Waals surface area contributed by atoms with E-state index in [4.69, 9.17) is 4.74 Å². The van der Waals surface area contributed by atoms with Crippen molar-refractivity contribution in [2.75, 3.05) is 24.4 Å². The molecule has 0 saturated heterocycles. The van der Waals surface area contributed by atoms with Gasteiger partial charge in [-0.25, -0.2) is 0 Å². The second-order valence-corrected chi connectivity index (χ2v) is 8.50. The Morgan fingerprint density at radius 2 is 1.38 bits per heavy atom. The van der Waals surface area contributed by atoms with E-state index in [1.165, 1.54) is 22.9 Å². The van der Waals surface area contributed by atoms with Gasteiger partial charge in [-0.15, -0.1) is 5.10 Å². The molecule has 0 atom stereocenters. The van der Waals surface area contributed by atoms with Crippen molar-refractivity contribution in [1.29, 1.82) is 0 Å². The van der Waals surface area contributed by atoms with Gasteiger partial charge >= 0.3 is 0 Å². The number of aromatic nitrogens is 3.